The highest BCUT2D eigenvalue weighted by molar-refractivity contribution is 6.04. The van der Waals surface area contributed by atoms with E-state index in [1.54, 1.807) is 12.4 Å². The summed E-state index contributed by atoms with van der Waals surface area (Å²) in [5.41, 5.74) is 0.644. The molecule has 3 aliphatic rings. The van der Waals surface area contributed by atoms with Crippen molar-refractivity contribution in [2.45, 2.75) is 26.2 Å². The third-order valence-corrected chi connectivity index (χ3v) is 5.58. The van der Waals surface area contributed by atoms with Crippen LogP contribution in [-0.4, -0.2) is 41.3 Å². The molecule has 0 radical (unpaired) electrons. The predicted molar refractivity (Wildman–Crippen MR) is 82.1 cm³/mol. The molecule has 3 heterocycles. The summed E-state index contributed by atoms with van der Waals surface area (Å²) in [6.07, 6.45) is 6.09. The highest BCUT2D eigenvalue weighted by atomic mass is 16.2. The quantitative estimate of drug-likeness (QED) is 0.781. The first kappa shape index (κ1) is 13.7. The number of pyridine rings is 1. The van der Waals surface area contributed by atoms with E-state index in [1.165, 1.54) is 0 Å². The van der Waals surface area contributed by atoms with Crippen molar-refractivity contribution in [3.8, 4) is 0 Å². The maximum Gasteiger partial charge on any atom is 0.235 e. The van der Waals surface area contributed by atoms with Gasteiger partial charge in [0.1, 0.15) is 0 Å². The van der Waals surface area contributed by atoms with Gasteiger partial charge in [-0.3, -0.25) is 14.6 Å². The van der Waals surface area contributed by atoms with Gasteiger partial charge in [0, 0.05) is 31.7 Å². The SMILES string of the molecule is C[C@H]1C[C@H]1C(=O)N1CCC2(CC1)CN(c1cccnc1)C2=O. The van der Waals surface area contributed by atoms with Crippen LogP contribution in [0.2, 0.25) is 0 Å². The van der Waals surface area contributed by atoms with Crippen LogP contribution in [0.4, 0.5) is 5.69 Å². The van der Waals surface area contributed by atoms with Crippen molar-refractivity contribution in [3.05, 3.63) is 24.5 Å². The first-order valence-electron chi connectivity index (χ1n) is 8.11. The van der Waals surface area contributed by atoms with Crippen LogP contribution in [0.25, 0.3) is 0 Å². The fraction of sp³-hybridized carbons (Fsp3) is 0.588. The summed E-state index contributed by atoms with van der Waals surface area (Å²) in [5.74, 6) is 1.30. The van der Waals surface area contributed by atoms with Crippen molar-refractivity contribution in [1.29, 1.82) is 0 Å². The zero-order chi connectivity index (χ0) is 15.3. The van der Waals surface area contributed by atoms with E-state index in [1.807, 2.05) is 21.9 Å². The highest BCUT2D eigenvalue weighted by Crippen LogP contribution is 2.45. The van der Waals surface area contributed by atoms with Gasteiger partial charge in [0.25, 0.3) is 0 Å². The molecule has 1 saturated carbocycles. The lowest BCUT2D eigenvalue weighted by Crippen LogP contribution is -2.65. The third kappa shape index (κ3) is 2.02. The first-order chi connectivity index (χ1) is 10.6. The lowest BCUT2D eigenvalue weighted by atomic mass is 9.71. The van der Waals surface area contributed by atoms with Gasteiger partial charge in [-0.25, -0.2) is 0 Å². The smallest absolute Gasteiger partial charge is 0.235 e. The van der Waals surface area contributed by atoms with E-state index in [-0.39, 0.29) is 17.2 Å². The molecule has 5 nitrogen and oxygen atoms in total. The molecule has 0 unspecified atom stereocenters. The topological polar surface area (TPSA) is 53.5 Å². The van der Waals surface area contributed by atoms with E-state index in [2.05, 4.69) is 11.9 Å². The number of aromatic nitrogens is 1. The molecule has 3 fully saturated rings. The summed E-state index contributed by atoms with van der Waals surface area (Å²) in [4.78, 5) is 32.7. The van der Waals surface area contributed by atoms with Crippen LogP contribution >= 0.6 is 0 Å². The Morgan fingerprint density at radius 3 is 2.64 bits per heavy atom. The summed E-state index contributed by atoms with van der Waals surface area (Å²) in [5, 5.41) is 0. The summed E-state index contributed by atoms with van der Waals surface area (Å²) >= 11 is 0. The lowest BCUT2D eigenvalue weighted by Gasteiger charge is -2.52. The molecule has 2 aliphatic heterocycles. The van der Waals surface area contributed by atoms with Gasteiger partial charge in [-0.15, -0.1) is 0 Å². The molecule has 22 heavy (non-hydrogen) atoms. The number of carbonyl (C=O) groups excluding carboxylic acids is 2. The molecule has 5 heteroatoms. The number of nitrogens with zero attached hydrogens (tertiary/aromatic N) is 3. The molecule has 0 aromatic carbocycles. The molecule has 1 spiro atoms. The van der Waals surface area contributed by atoms with Gasteiger partial charge in [0.2, 0.25) is 11.8 Å². The minimum absolute atomic E-state index is 0.201. The van der Waals surface area contributed by atoms with Gasteiger partial charge in [0.05, 0.1) is 17.3 Å². The number of carbonyl (C=O) groups is 2. The second kappa shape index (κ2) is 4.80. The number of likely N-dealkylation sites (tertiary alicyclic amines) is 1. The van der Waals surface area contributed by atoms with Crippen molar-refractivity contribution < 1.29 is 9.59 Å². The van der Waals surface area contributed by atoms with Crippen LogP contribution in [0, 0.1) is 17.3 Å². The number of amides is 2. The average Bonchev–Trinajstić information content (AvgIpc) is 3.30. The average molecular weight is 299 g/mol. The van der Waals surface area contributed by atoms with E-state index in [4.69, 9.17) is 0 Å². The number of β-lactam (4-membered cyclic amide) rings is 1. The summed E-state index contributed by atoms with van der Waals surface area (Å²) in [6.45, 7) is 4.36. The maximum absolute atomic E-state index is 12.6. The van der Waals surface area contributed by atoms with Crippen molar-refractivity contribution in [2.24, 2.45) is 17.3 Å². The number of rotatable bonds is 2. The Bertz CT molecular complexity index is 608. The Labute approximate surface area is 130 Å². The summed E-state index contributed by atoms with van der Waals surface area (Å²) in [7, 11) is 0. The fourth-order valence-corrected chi connectivity index (χ4v) is 3.79. The minimum atomic E-state index is -0.234. The number of hydrogen-bond acceptors (Lipinski definition) is 3. The van der Waals surface area contributed by atoms with Crippen LogP contribution < -0.4 is 4.90 Å². The molecule has 116 valence electrons. The molecule has 1 aliphatic carbocycles. The molecular weight excluding hydrogens is 278 g/mol. The second-order valence-corrected chi connectivity index (χ2v) is 7.03. The van der Waals surface area contributed by atoms with Gasteiger partial charge in [-0.05, 0) is 37.3 Å². The molecule has 2 saturated heterocycles. The van der Waals surface area contributed by atoms with Crippen LogP contribution in [-0.2, 0) is 9.59 Å². The van der Waals surface area contributed by atoms with Crippen LogP contribution in [0.15, 0.2) is 24.5 Å². The standard InChI is InChI=1S/C17H21N3O2/c1-12-9-14(12)15(21)19-7-4-17(5-8-19)11-20(16(17)22)13-3-2-6-18-10-13/h2-3,6,10,12,14H,4-5,7-9,11H2,1H3/t12-,14+/m0/s1. The van der Waals surface area contributed by atoms with Gasteiger partial charge >= 0.3 is 0 Å². The lowest BCUT2D eigenvalue weighted by molar-refractivity contribution is -0.144. The Morgan fingerprint density at radius 1 is 1.36 bits per heavy atom. The Kier molecular flexibility index (Phi) is 2.99. The Hall–Kier alpha value is -1.91. The van der Waals surface area contributed by atoms with E-state index >= 15 is 0 Å². The number of piperidine rings is 1. The van der Waals surface area contributed by atoms with E-state index in [9.17, 15) is 9.59 Å². The van der Waals surface area contributed by atoms with Crippen molar-refractivity contribution in [1.82, 2.24) is 9.88 Å². The number of anilines is 1. The van der Waals surface area contributed by atoms with Crippen molar-refractivity contribution in [2.75, 3.05) is 24.5 Å². The van der Waals surface area contributed by atoms with Gasteiger partial charge < -0.3 is 9.80 Å². The van der Waals surface area contributed by atoms with Crippen LogP contribution in [0.5, 0.6) is 0 Å². The minimum Gasteiger partial charge on any atom is -0.342 e. The normalized spacial score (nSPS) is 29.4. The van der Waals surface area contributed by atoms with Gasteiger partial charge in [-0.1, -0.05) is 6.92 Å². The van der Waals surface area contributed by atoms with Gasteiger partial charge in [-0.2, -0.15) is 0 Å². The van der Waals surface area contributed by atoms with Crippen LogP contribution in [0.1, 0.15) is 26.2 Å². The molecule has 1 aromatic rings. The molecule has 0 N–H and O–H groups in total. The zero-order valence-electron chi connectivity index (χ0n) is 12.9. The maximum atomic E-state index is 12.6. The molecule has 4 rings (SSSR count). The third-order valence-electron chi connectivity index (χ3n) is 5.58. The van der Waals surface area contributed by atoms with E-state index in [0.29, 0.717) is 11.8 Å². The predicted octanol–water partition coefficient (Wildman–Crippen LogP) is 1.69. The van der Waals surface area contributed by atoms with Crippen LogP contribution in [0.3, 0.4) is 0 Å². The first-order valence-corrected chi connectivity index (χ1v) is 8.11. The molecule has 1 aromatic heterocycles. The monoisotopic (exact) mass is 299 g/mol. The molecular formula is C17H21N3O2. The van der Waals surface area contributed by atoms with Gasteiger partial charge in [0.15, 0.2) is 0 Å². The van der Waals surface area contributed by atoms with E-state index < -0.39 is 0 Å². The Morgan fingerprint density at radius 2 is 2.09 bits per heavy atom. The summed E-state index contributed by atoms with van der Waals surface area (Å²) in [6, 6.07) is 3.77. The zero-order valence-corrected chi connectivity index (χ0v) is 12.9. The second-order valence-electron chi connectivity index (χ2n) is 7.03. The largest absolute Gasteiger partial charge is 0.342 e. The van der Waals surface area contributed by atoms with Crippen molar-refractivity contribution in [3.63, 3.8) is 0 Å². The Balaban J connectivity index is 1.38. The molecule has 2 amide bonds. The number of hydrogen-bond donors (Lipinski definition) is 0. The highest BCUT2D eigenvalue weighted by Gasteiger charge is 2.54. The molecule has 2 atom stereocenters. The van der Waals surface area contributed by atoms with Crippen molar-refractivity contribution >= 4 is 17.5 Å². The molecule has 0 bridgehead atoms. The van der Waals surface area contributed by atoms with E-state index in [0.717, 1.165) is 44.6 Å². The fourth-order valence-electron chi connectivity index (χ4n) is 3.79. The summed E-state index contributed by atoms with van der Waals surface area (Å²) < 4.78 is 0.